The van der Waals surface area contributed by atoms with E-state index in [1.807, 2.05) is 43.3 Å². The molecule has 3 nitrogen and oxygen atoms in total. The zero-order valence-corrected chi connectivity index (χ0v) is 19.1. The number of aliphatic hydroxyl groups is 1. The van der Waals surface area contributed by atoms with Gasteiger partial charge in [0.25, 0.3) is 0 Å². The van der Waals surface area contributed by atoms with E-state index in [9.17, 15) is 5.11 Å². The second-order valence-corrected chi connectivity index (χ2v) is 8.46. The third kappa shape index (κ3) is 5.40. The Morgan fingerprint density at radius 1 is 1.00 bits per heavy atom. The van der Waals surface area contributed by atoms with Crippen molar-refractivity contribution in [2.45, 2.75) is 52.6 Å². The van der Waals surface area contributed by atoms with Gasteiger partial charge in [-0.05, 0) is 56.1 Å². The monoisotopic (exact) mass is 424 g/mol. The second-order valence-electron chi connectivity index (χ2n) is 8.05. The molecule has 0 fully saturated rings. The average Bonchev–Trinajstić information content (AvgIpc) is 2.78. The van der Waals surface area contributed by atoms with Gasteiger partial charge in [-0.2, -0.15) is 0 Å². The van der Waals surface area contributed by atoms with Crippen LogP contribution in [-0.4, -0.2) is 34.6 Å². The van der Waals surface area contributed by atoms with Gasteiger partial charge < -0.3 is 10.0 Å². The summed E-state index contributed by atoms with van der Waals surface area (Å²) in [5.74, 6) is 0. The van der Waals surface area contributed by atoms with Gasteiger partial charge in [0.1, 0.15) is 0 Å². The van der Waals surface area contributed by atoms with Gasteiger partial charge in [0, 0.05) is 22.5 Å². The fourth-order valence-electron chi connectivity index (χ4n) is 3.86. The lowest BCUT2D eigenvalue weighted by molar-refractivity contribution is 0.112. The van der Waals surface area contributed by atoms with Crippen LogP contribution in [0, 0.1) is 6.92 Å². The van der Waals surface area contributed by atoms with Crippen molar-refractivity contribution in [3.8, 4) is 11.3 Å². The molecule has 3 rings (SSSR count). The topological polar surface area (TPSA) is 36.4 Å². The molecule has 0 saturated heterocycles. The van der Waals surface area contributed by atoms with Gasteiger partial charge in [0.05, 0.1) is 17.3 Å². The predicted molar refractivity (Wildman–Crippen MR) is 128 cm³/mol. The van der Waals surface area contributed by atoms with E-state index >= 15 is 0 Å². The summed E-state index contributed by atoms with van der Waals surface area (Å²) in [4.78, 5) is 7.32. The first-order chi connectivity index (χ1) is 14.5. The van der Waals surface area contributed by atoms with E-state index in [0.717, 1.165) is 72.1 Å². The molecule has 30 heavy (non-hydrogen) atoms. The van der Waals surface area contributed by atoms with Gasteiger partial charge in [0.15, 0.2) is 0 Å². The van der Waals surface area contributed by atoms with Crippen LogP contribution in [0.1, 0.15) is 56.8 Å². The molecule has 0 bridgehead atoms. The SMILES string of the molecule is CCCCN(CCCC)CC(O)c1cc(-c2ccccc2)nc2c(C)c(Cl)ccc12. The molecule has 3 aromatic rings. The van der Waals surface area contributed by atoms with Crippen molar-refractivity contribution in [1.82, 2.24) is 9.88 Å². The Morgan fingerprint density at radius 3 is 2.30 bits per heavy atom. The Bertz CT molecular complexity index is 950. The highest BCUT2D eigenvalue weighted by Gasteiger charge is 2.19. The van der Waals surface area contributed by atoms with Gasteiger partial charge in [-0.15, -0.1) is 0 Å². The van der Waals surface area contributed by atoms with E-state index < -0.39 is 6.10 Å². The van der Waals surface area contributed by atoms with Crippen molar-refractivity contribution in [3.05, 3.63) is 64.7 Å². The van der Waals surface area contributed by atoms with Crippen LogP contribution in [0.15, 0.2) is 48.5 Å². The Labute approximate surface area is 185 Å². The second kappa shape index (κ2) is 10.9. The minimum absolute atomic E-state index is 0.577. The quantitative estimate of drug-likeness (QED) is 0.388. The Balaban J connectivity index is 2.03. The summed E-state index contributed by atoms with van der Waals surface area (Å²) in [5.41, 5.74) is 4.66. The molecule has 160 valence electrons. The number of aliphatic hydroxyl groups excluding tert-OH is 1. The zero-order valence-electron chi connectivity index (χ0n) is 18.4. The summed E-state index contributed by atoms with van der Waals surface area (Å²) >= 11 is 6.41. The number of pyridine rings is 1. The van der Waals surface area contributed by atoms with Crippen molar-refractivity contribution in [1.29, 1.82) is 0 Å². The van der Waals surface area contributed by atoms with Gasteiger partial charge in [-0.25, -0.2) is 4.98 Å². The predicted octanol–water partition coefficient (Wildman–Crippen LogP) is 6.80. The third-order valence-corrected chi connectivity index (χ3v) is 6.13. The summed E-state index contributed by atoms with van der Waals surface area (Å²) in [6, 6.07) is 16.1. The lowest BCUT2D eigenvalue weighted by atomic mass is 9.98. The number of aryl methyl sites for hydroxylation is 1. The van der Waals surface area contributed by atoms with E-state index in [-0.39, 0.29) is 0 Å². The number of nitrogens with zero attached hydrogens (tertiary/aromatic N) is 2. The largest absolute Gasteiger partial charge is 0.387 e. The molecule has 0 spiro atoms. The number of benzene rings is 2. The van der Waals surface area contributed by atoms with Crippen LogP contribution in [0.2, 0.25) is 5.02 Å². The molecule has 0 aliphatic carbocycles. The molecule has 0 amide bonds. The number of aromatic nitrogens is 1. The van der Waals surface area contributed by atoms with Crippen LogP contribution in [0.4, 0.5) is 0 Å². The van der Waals surface area contributed by atoms with Crippen LogP contribution < -0.4 is 0 Å². The maximum Gasteiger partial charge on any atom is 0.0924 e. The van der Waals surface area contributed by atoms with E-state index in [1.54, 1.807) is 0 Å². The van der Waals surface area contributed by atoms with E-state index in [1.165, 1.54) is 0 Å². The highest BCUT2D eigenvalue weighted by molar-refractivity contribution is 6.32. The first kappa shape index (κ1) is 22.7. The summed E-state index contributed by atoms with van der Waals surface area (Å²) < 4.78 is 0. The molecular weight excluding hydrogens is 392 g/mol. The number of hydrogen-bond acceptors (Lipinski definition) is 3. The van der Waals surface area contributed by atoms with Crippen molar-refractivity contribution < 1.29 is 5.11 Å². The van der Waals surface area contributed by atoms with E-state index in [4.69, 9.17) is 16.6 Å². The first-order valence-electron chi connectivity index (χ1n) is 11.1. The summed E-state index contributed by atoms with van der Waals surface area (Å²) in [5, 5.41) is 13.0. The lowest BCUT2D eigenvalue weighted by Gasteiger charge is -2.26. The standard InChI is InChI=1S/C26H33ClN2O/c1-4-6-15-29(16-7-5-2)18-25(30)22-17-24(20-11-9-8-10-12-20)28-26-19(3)23(27)14-13-21(22)26/h8-14,17,25,30H,4-7,15-16,18H2,1-3H3. The van der Waals surface area contributed by atoms with E-state index in [0.29, 0.717) is 11.6 Å². The van der Waals surface area contributed by atoms with Gasteiger partial charge >= 0.3 is 0 Å². The molecule has 1 heterocycles. The van der Waals surface area contributed by atoms with Gasteiger partial charge in [0.2, 0.25) is 0 Å². The molecular formula is C26H33ClN2O. The molecule has 0 aliphatic rings. The summed E-state index contributed by atoms with van der Waals surface area (Å²) in [6.45, 7) is 9.10. The molecule has 2 aromatic carbocycles. The minimum atomic E-state index is -0.577. The number of rotatable bonds is 10. The first-order valence-corrected chi connectivity index (χ1v) is 11.5. The van der Waals surface area contributed by atoms with E-state index in [2.05, 4.69) is 30.9 Å². The van der Waals surface area contributed by atoms with Crippen molar-refractivity contribution in [3.63, 3.8) is 0 Å². The average molecular weight is 425 g/mol. The number of fused-ring (bicyclic) bond motifs is 1. The smallest absolute Gasteiger partial charge is 0.0924 e. The fourth-order valence-corrected chi connectivity index (χ4v) is 4.02. The van der Waals surface area contributed by atoms with Crippen molar-refractivity contribution in [2.24, 2.45) is 0 Å². The number of halogens is 1. The molecule has 1 unspecified atom stereocenters. The maximum atomic E-state index is 11.3. The van der Waals surface area contributed by atoms with Crippen LogP contribution in [0.3, 0.4) is 0 Å². The number of unbranched alkanes of at least 4 members (excludes halogenated alkanes) is 2. The van der Waals surface area contributed by atoms with Crippen LogP contribution >= 0.6 is 11.6 Å². The van der Waals surface area contributed by atoms with Crippen molar-refractivity contribution in [2.75, 3.05) is 19.6 Å². The highest BCUT2D eigenvalue weighted by Crippen LogP contribution is 2.33. The molecule has 0 saturated carbocycles. The van der Waals surface area contributed by atoms with Gasteiger partial charge in [-0.3, -0.25) is 0 Å². The highest BCUT2D eigenvalue weighted by atomic mass is 35.5. The van der Waals surface area contributed by atoms with Crippen LogP contribution in [-0.2, 0) is 0 Å². The van der Waals surface area contributed by atoms with Crippen LogP contribution in [0.5, 0.6) is 0 Å². The van der Waals surface area contributed by atoms with Gasteiger partial charge in [-0.1, -0.05) is 74.7 Å². The molecule has 1 N–H and O–H groups in total. The third-order valence-electron chi connectivity index (χ3n) is 5.72. The maximum absolute atomic E-state index is 11.3. The molecule has 4 heteroatoms. The van der Waals surface area contributed by atoms with Crippen LogP contribution in [0.25, 0.3) is 22.2 Å². The summed E-state index contributed by atoms with van der Waals surface area (Å²) in [6.07, 6.45) is 4.04. The fraction of sp³-hybridized carbons (Fsp3) is 0.423. The minimum Gasteiger partial charge on any atom is -0.387 e. The number of hydrogen-bond donors (Lipinski definition) is 1. The molecule has 0 aliphatic heterocycles. The molecule has 0 radical (unpaired) electrons. The Morgan fingerprint density at radius 2 is 1.67 bits per heavy atom. The Kier molecular flexibility index (Phi) is 8.26. The lowest BCUT2D eigenvalue weighted by Crippen LogP contribution is -2.31. The molecule has 1 aromatic heterocycles. The Hall–Kier alpha value is -1.94. The normalized spacial score (nSPS) is 12.6. The summed E-state index contributed by atoms with van der Waals surface area (Å²) in [7, 11) is 0. The zero-order chi connectivity index (χ0) is 21.5. The molecule has 1 atom stereocenters. The van der Waals surface area contributed by atoms with Crippen molar-refractivity contribution >= 4 is 22.5 Å².